The predicted octanol–water partition coefficient (Wildman–Crippen LogP) is 2.13. The van der Waals surface area contributed by atoms with Crippen molar-refractivity contribution < 1.29 is 9.32 Å². The quantitative estimate of drug-likeness (QED) is 0.923. The largest absolute Gasteiger partial charge is 0.341 e. The minimum atomic E-state index is -0.330. The summed E-state index contributed by atoms with van der Waals surface area (Å²) in [5.74, 6) is 0.872. The van der Waals surface area contributed by atoms with Crippen LogP contribution in [0, 0.1) is 13.8 Å². The van der Waals surface area contributed by atoms with E-state index in [4.69, 9.17) is 4.52 Å². The lowest BCUT2D eigenvalue weighted by Crippen LogP contribution is -2.27. The number of amides is 1. The molecule has 6 nitrogen and oxygen atoms in total. The van der Waals surface area contributed by atoms with Crippen LogP contribution in [0.25, 0.3) is 0 Å². The second-order valence-corrected chi connectivity index (χ2v) is 4.74. The lowest BCUT2D eigenvalue weighted by molar-refractivity contribution is 0.0932. The van der Waals surface area contributed by atoms with Crippen molar-refractivity contribution >= 4 is 5.91 Å². The number of hydrogen-bond donors (Lipinski definition) is 1. The third-order valence-electron chi connectivity index (χ3n) is 2.86. The Balaban J connectivity index is 2.10. The van der Waals surface area contributed by atoms with Gasteiger partial charge in [-0.25, -0.2) is 0 Å². The SMILES string of the molecule is CCc1noc([C@@H](C)NC(=O)c2cc(C)nc(C)c2)n1. The molecule has 1 atom stereocenters. The maximum absolute atomic E-state index is 12.2. The molecular formula is C14H18N4O2. The van der Waals surface area contributed by atoms with Gasteiger partial charge in [0.1, 0.15) is 6.04 Å². The van der Waals surface area contributed by atoms with Gasteiger partial charge in [0.2, 0.25) is 5.89 Å². The van der Waals surface area contributed by atoms with Crippen LogP contribution in [0.3, 0.4) is 0 Å². The standard InChI is InChI=1S/C14H18N4O2/c1-5-12-17-14(20-18-12)10(4)16-13(19)11-6-8(2)15-9(3)7-11/h6-7,10H,5H2,1-4H3,(H,16,19)/t10-/m1/s1. The zero-order chi connectivity index (χ0) is 14.7. The molecule has 0 radical (unpaired) electrons. The van der Waals surface area contributed by atoms with Gasteiger partial charge in [-0.1, -0.05) is 12.1 Å². The summed E-state index contributed by atoms with van der Waals surface area (Å²) in [6.07, 6.45) is 0.701. The smallest absolute Gasteiger partial charge is 0.252 e. The summed E-state index contributed by atoms with van der Waals surface area (Å²) in [6.45, 7) is 7.48. The molecule has 0 saturated heterocycles. The lowest BCUT2D eigenvalue weighted by atomic mass is 10.1. The summed E-state index contributed by atoms with van der Waals surface area (Å²) >= 11 is 0. The van der Waals surface area contributed by atoms with Crippen LogP contribution in [0.2, 0.25) is 0 Å². The minimum absolute atomic E-state index is 0.178. The van der Waals surface area contributed by atoms with Gasteiger partial charge in [-0.3, -0.25) is 9.78 Å². The maximum atomic E-state index is 12.2. The average Bonchev–Trinajstić information content (AvgIpc) is 2.86. The van der Waals surface area contributed by atoms with E-state index >= 15 is 0 Å². The fourth-order valence-electron chi connectivity index (χ4n) is 1.89. The van der Waals surface area contributed by atoms with Crippen molar-refractivity contribution in [2.75, 3.05) is 0 Å². The maximum Gasteiger partial charge on any atom is 0.252 e. The molecule has 0 bridgehead atoms. The number of hydrogen-bond acceptors (Lipinski definition) is 5. The predicted molar refractivity (Wildman–Crippen MR) is 73.3 cm³/mol. The number of rotatable bonds is 4. The molecule has 2 aromatic rings. The Morgan fingerprint density at radius 3 is 2.50 bits per heavy atom. The summed E-state index contributed by atoms with van der Waals surface area (Å²) in [4.78, 5) is 20.6. The summed E-state index contributed by atoms with van der Waals surface area (Å²) in [5.41, 5.74) is 2.21. The molecule has 6 heteroatoms. The second kappa shape index (κ2) is 5.81. The topological polar surface area (TPSA) is 80.9 Å². The molecule has 0 aliphatic carbocycles. The first-order valence-electron chi connectivity index (χ1n) is 6.58. The molecule has 0 saturated carbocycles. The molecule has 0 aliphatic heterocycles. The van der Waals surface area contributed by atoms with Gasteiger partial charge in [-0.2, -0.15) is 4.98 Å². The van der Waals surface area contributed by atoms with E-state index in [0.29, 0.717) is 23.7 Å². The lowest BCUT2D eigenvalue weighted by Gasteiger charge is -2.10. The van der Waals surface area contributed by atoms with Gasteiger partial charge < -0.3 is 9.84 Å². The molecule has 0 unspecified atom stereocenters. The van der Waals surface area contributed by atoms with Gasteiger partial charge >= 0.3 is 0 Å². The zero-order valence-electron chi connectivity index (χ0n) is 12.1. The van der Waals surface area contributed by atoms with E-state index in [1.165, 1.54) is 0 Å². The molecule has 106 valence electrons. The summed E-state index contributed by atoms with van der Waals surface area (Å²) < 4.78 is 5.11. The molecular weight excluding hydrogens is 256 g/mol. The molecule has 0 fully saturated rings. The Labute approximate surface area is 117 Å². The van der Waals surface area contributed by atoms with Crippen LogP contribution in [-0.2, 0) is 6.42 Å². The van der Waals surface area contributed by atoms with E-state index < -0.39 is 0 Å². The number of carbonyl (C=O) groups is 1. The number of aromatic nitrogens is 3. The Morgan fingerprint density at radius 2 is 1.95 bits per heavy atom. The Bertz CT molecular complexity index is 601. The number of nitrogens with zero attached hydrogens (tertiary/aromatic N) is 3. The first-order valence-corrected chi connectivity index (χ1v) is 6.58. The first-order chi connectivity index (χ1) is 9.49. The summed E-state index contributed by atoms with van der Waals surface area (Å²) in [6, 6.07) is 3.17. The van der Waals surface area contributed by atoms with E-state index in [0.717, 1.165) is 11.4 Å². The monoisotopic (exact) mass is 274 g/mol. The summed E-state index contributed by atoms with van der Waals surface area (Å²) in [5, 5.41) is 6.66. The van der Waals surface area contributed by atoms with Crippen LogP contribution in [0.1, 0.15) is 53.4 Å². The molecule has 0 aromatic carbocycles. The van der Waals surface area contributed by atoms with Crippen LogP contribution < -0.4 is 5.32 Å². The van der Waals surface area contributed by atoms with Gasteiger partial charge in [-0.15, -0.1) is 0 Å². The highest BCUT2D eigenvalue weighted by molar-refractivity contribution is 5.94. The van der Waals surface area contributed by atoms with Crippen LogP contribution in [0.4, 0.5) is 0 Å². The van der Waals surface area contributed by atoms with E-state index in [1.807, 2.05) is 27.7 Å². The highest BCUT2D eigenvalue weighted by Gasteiger charge is 2.17. The average molecular weight is 274 g/mol. The third kappa shape index (κ3) is 3.20. The van der Waals surface area contributed by atoms with Crippen LogP contribution in [0.5, 0.6) is 0 Å². The van der Waals surface area contributed by atoms with Crippen molar-refractivity contribution in [2.24, 2.45) is 0 Å². The van der Waals surface area contributed by atoms with E-state index in [1.54, 1.807) is 12.1 Å². The molecule has 2 rings (SSSR count). The van der Waals surface area contributed by atoms with Crippen LogP contribution in [0.15, 0.2) is 16.7 Å². The van der Waals surface area contributed by atoms with Crippen molar-refractivity contribution in [1.82, 2.24) is 20.4 Å². The normalized spacial score (nSPS) is 12.2. The zero-order valence-corrected chi connectivity index (χ0v) is 12.1. The second-order valence-electron chi connectivity index (χ2n) is 4.74. The van der Waals surface area contributed by atoms with Crippen molar-refractivity contribution in [3.63, 3.8) is 0 Å². The molecule has 2 aromatic heterocycles. The van der Waals surface area contributed by atoms with Crippen molar-refractivity contribution in [2.45, 2.75) is 40.2 Å². The number of aryl methyl sites for hydroxylation is 3. The minimum Gasteiger partial charge on any atom is -0.341 e. The van der Waals surface area contributed by atoms with Gasteiger partial charge in [0.05, 0.1) is 0 Å². The first kappa shape index (κ1) is 14.2. The van der Waals surface area contributed by atoms with Gasteiger partial charge in [0.25, 0.3) is 5.91 Å². The van der Waals surface area contributed by atoms with Gasteiger partial charge in [0.15, 0.2) is 5.82 Å². The fourth-order valence-corrected chi connectivity index (χ4v) is 1.89. The van der Waals surface area contributed by atoms with E-state index in [2.05, 4.69) is 20.4 Å². The Morgan fingerprint density at radius 1 is 1.30 bits per heavy atom. The van der Waals surface area contributed by atoms with Crippen LogP contribution >= 0.6 is 0 Å². The van der Waals surface area contributed by atoms with Gasteiger partial charge in [0, 0.05) is 23.4 Å². The highest BCUT2D eigenvalue weighted by Crippen LogP contribution is 2.12. The molecule has 0 aliphatic rings. The molecule has 0 spiro atoms. The Kier molecular flexibility index (Phi) is 4.12. The third-order valence-corrected chi connectivity index (χ3v) is 2.86. The van der Waals surface area contributed by atoms with Crippen molar-refractivity contribution in [3.8, 4) is 0 Å². The number of carbonyl (C=O) groups excluding carboxylic acids is 1. The molecule has 2 heterocycles. The van der Waals surface area contributed by atoms with E-state index in [-0.39, 0.29) is 11.9 Å². The van der Waals surface area contributed by atoms with Crippen molar-refractivity contribution in [1.29, 1.82) is 0 Å². The number of pyridine rings is 1. The highest BCUT2D eigenvalue weighted by atomic mass is 16.5. The van der Waals surface area contributed by atoms with E-state index in [9.17, 15) is 4.79 Å². The Hall–Kier alpha value is -2.24. The fraction of sp³-hybridized carbons (Fsp3) is 0.429. The molecule has 20 heavy (non-hydrogen) atoms. The molecule has 1 N–H and O–H groups in total. The van der Waals surface area contributed by atoms with Crippen LogP contribution in [-0.4, -0.2) is 21.0 Å². The van der Waals surface area contributed by atoms with Gasteiger partial charge in [-0.05, 0) is 32.9 Å². The number of nitrogens with one attached hydrogen (secondary N) is 1. The summed E-state index contributed by atoms with van der Waals surface area (Å²) in [7, 11) is 0. The molecule has 1 amide bonds. The van der Waals surface area contributed by atoms with Crippen molar-refractivity contribution in [3.05, 3.63) is 40.8 Å².